The molecule has 0 saturated carbocycles. The number of rotatable bonds is 5. The number of carboxylic acids is 1. The molecule has 6 heteroatoms. The first-order chi connectivity index (χ1) is 9.99. The molecule has 21 heavy (non-hydrogen) atoms. The van der Waals surface area contributed by atoms with Gasteiger partial charge < -0.3 is 20.1 Å². The lowest BCUT2D eigenvalue weighted by Gasteiger charge is -2.05. The van der Waals surface area contributed by atoms with Crippen LogP contribution >= 0.6 is 0 Å². The van der Waals surface area contributed by atoms with Crippen molar-refractivity contribution in [2.75, 3.05) is 12.4 Å². The van der Waals surface area contributed by atoms with Crippen molar-refractivity contribution in [2.24, 2.45) is 0 Å². The summed E-state index contributed by atoms with van der Waals surface area (Å²) in [6, 6.07) is 8.71. The van der Waals surface area contributed by atoms with Crippen LogP contribution in [0.3, 0.4) is 0 Å². The van der Waals surface area contributed by atoms with Crippen LogP contribution in [0.25, 0.3) is 0 Å². The van der Waals surface area contributed by atoms with Gasteiger partial charge in [0.05, 0.1) is 19.2 Å². The Morgan fingerprint density at radius 3 is 2.52 bits per heavy atom. The van der Waals surface area contributed by atoms with Gasteiger partial charge in [0.2, 0.25) is 5.91 Å². The predicted molar refractivity (Wildman–Crippen MR) is 77.8 cm³/mol. The van der Waals surface area contributed by atoms with Crippen molar-refractivity contribution in [1.82, 2.24) is 4.98 Å². The van der Waals surface area contributed by atoms with E-state index in [4.69, 9.17) is 9.84 Å². The summed E-state index contributed by atoms with van der Waals surface area (Å²) in [6.07, 6.45) is 0.160. The van der Waals surface area contributed by atoms with E-state index >= 15 is 0 Å². The fraction of sp³-hybridized carbons (Fsp3) is 0.200. The van der Waals surface area contributed by atoms with Crippen LogP contribution in [0.15, 0.2) is 30.3 Å². The maximum absolute atomic E-state index is 12.0. The van der Waals surface area contributed by atoms with E-state index < -0.39 is 5.97 Å². The van der Waals surface area contributed by atoms with E-state index in [9.17, 15) is 9.59 Å². The quantitative estimate of drug-likeness (QED) is 0.786. The number of hydrogen-bond acceptors (Lipinski definition) is 3. The van der Waals surface area contributed by atoms with Gasteiger partial charge in [0.1, 0.15) is 11.4 Å². The molecule has 0 saturated heterocycles. The molecule has 1 heterocycles. The lowest BCUT2D eigenvalue weighted by Crippen LogP contribution is -2.16. The summed E-state index contributed by atoms with van der Waals surface area (Å²) in [7, 11) is 1.57. The van der Waals surface area contributed by atoms with Crippen LogP contribution in [0.4, 0.5) is 5.69 Å². The van der Waals surface area contributed by atoms with Crippen molar-refractivity contribution in [2.45, 2.75) is 13.3 Å². The Morgan fingerprint density at radius 1 is 1.29 bits per heavy atom. The molecule has 0 unspecified atom stereocenters. The van der Waals surface area contributed by atoms with Crippen LogP contribution in [0.2, 0.25) is 0 Å². The molecule has 110 valence electrons. The van der Waals surface area contributed by atoms with Crippen molar-refractivity contribution < 1.29 is 19.4 Å². The summed E-state index contributed by atoms with van der Waals surface area (Å²) in [6.45, 7) is 1.73. The fourth-order valence-electron chi connectivity index (χ4n) is 1.98. The van der Waals surface area contributed by atoms with Gasteiger partial charge in [-0.1, -0.05) is 12.1 Å². The van der Waals surface area contributed by atoms with Gasteiger partial charge in [0, 0.05) is 5.69 Å². The van der Waals surface area contributed by atoms with Crippen molar-refractivity contribution in [1.29, 1.82) is 0 Å². The van der Waals surface area contributed by atoms with Gasteiger partial charge in [-0.2, -0.15) is 0 Å². The molecule has 1 amide bonds. The normalized spacial score (nSPS) is 10.2. The Bertz CT molecular complexity index is 659. The van der Waals surface area contributed by atoms with Gasteiger partial charge in [0.15, 0.2) is 0 Å². The Morgan fingerprint density at radius 2 is 1.95 bits per heavy atom. The SMILES string of the molecule is COc1ccc(CC(=O)Nc2cc(C)[nH]c2C(=O)O)cc1. The number of amides is 1. The summed E-state index contributed by atoms with van der Waals surface area (Å²) in [5.74, 6) is -0.668. The smallest absolute Gasteiger partial charge is 0.354 e. The minimum absolute atomic E-state index is 0.0180. The molecule has 0 aliphatic carbocycles. The summed E-state index contributed by atoms with van der Waals surface area (Å²) in [5, 5.41) is 11.7. The molecular formula is C15H16N2O4. The molecule has 6 nitrogen and oxygen atoms in total. The van der Waals surface area contributed by atoms with Crippen LogP contribution < -0.4 is 10.1 Å². The third kappa shape index (κ3) is 3.62. The zero-order valence-electron chi connectivity index (χ0n) is 11.8. The first-order valence-electron chi connectivity index (χ1n) is 6.35. The Kier molecular flexibility index (Phi) is 4.27. The minimum Gasteiger partial charge on any atom is -0.497 e. The van der Waals surface area contributed by atoms with Crippen molar-refractivity contribution in [3.63, 3.8) is 0 Å². The standard InChI is InChI=1S/C15H16N2O4/c1-9-7-12(14(16-9)15(19)20)17-13(18)8-10-3-5-11(21-2)6-4-10/h3-7,16H,8H2,1-2H3,(H,17,18)(H,19,20). The van der Waals surface area contributed by atoms with E-state index in [1.54, 1.807) is 44.4 Å². The third-order valence-corrected chi connectivity index (χ3v) is 2.96. The van der Waals surface area contributed by atoms with E-state index in [0.717, 1.165) is 5.56 Å². The first-order valence-corrected chi connectivity index (χ1v) is 6.35. The Balaban J connectivity index is 2.06. The predicted octanol–water partition coefficient (Wildman–Crippen LogP) is 2.21. The zero-order chi connectivity index (χ0) is 15.4. The molecule has 0 spiro atoms. The highest BCUT2D eigenvalue weighted by Crippen LogP contribution is 2.18. The number of carbonyl (C=O) groups excluding carboxylic acids is 1. The summed E-state index contributed by atoms with van der Waals surface area (Å²) >= 11 is 0. The third-order valence-electron chi connectivity index (χ3n) is 2.96. The second-order valence-electron chi connectivity index (χ2n) is 4.62. The van der Waals surface area contributed by atoms with E-state index in [1.165, 1.54) is 0 Å². The van der Waals surface area contributed by atoms with Crippen molar-refractivity contribution >= 4 is 17.6 Å². The number of anilines is 1. The van der Waals surface area contributed by atoms with Gasteiger partial charge in [-0.05, 0) is 30.7 Å². The highest BCUT2D eigenvalue weighted by molar-refractivity contribution is 6.00. The molecule has 2 aromatic rings. The number of methoxy groups -OCH3 is 1. The summed E-state index contributed by atoms with van der Waals surface area (Å²) in [5.41, 5.74) is 1.75. The molecule has 0 radical (unpaired) electrons. The zero-order valence-corrected chi connectivity index (χ0v) is 11.8. The Labute approximate surface area is 121 Å². The average molecular weight is 288 g/mol. The maximum atomic E-state index is 12.0. The molecule has 0 bridgehead atoms. The molecule has 0 aliphatic rings. The molecule has 1 aromatic carbocycles. The molecule has 2 rings (SSSR count). The lowest BCUT2D eigenvalue weighted by molar-refractivity contribution is -0.115. The number of ether oxygens (including phenoxy) is 1. The van der Waals surface area contributed by atoms with Crippen LogP contribution in [0.1, 0.15) is 21.7 Å². The van der Waals surface area contributed by atoms with Crippen molar-refractivity contribution in [3.05, 3.63) is 47.3 Å². The molecule has 1 aromatic heterocycles. The van der Waals surface area contributed by atoms with Gasteiger partial charge in [-0.3, -0.25) is 4.79 Å². The molecule has 0 atom stereocenters. The van der Waals surface area contributed by atoms with Gasteiger partial charge in [0.25, 0.3) is 0 Å². The number of nitrogens with one attached hydrogen (secondary N) is 2. The average Bonchev–Trinajstić information content (AvgIpc) is 2.80. The van der Waals surface area contributed by atoms with Crippen LogP contribution in [0, 0.1) is 6.92 Å². The van der Waals surface area contributed by atoms with Crippen molar-refractivity contribution in [3.8, 4) is 5.75 Å². The van der Waals surface area contributed by atoms with E-state index in [2.05, 4.69) is 10.3 Å². The number of carbonyl (C=O) groups is 2. The van der Waals surface area contributed by atoms with E-state index in [0.29, 0.717) is 11.4 Å². The van der Waals surface area contributed by atoms with Crippen LogP contribution in [-0.4, -0.2) is 29.1 Å². The molecule has 0 aliphatic heterocycles. The van der Waals surface area contributed by atoms with Gasteiger partial charge >= 0.3 is 5.97 Å². The minimum atomic E-state index is -1.11. The second-order valence-corrected chi connectivity index (χ2v) is 4.62. The van der Waals surface area contributed by atoms with Crippen LogP contribution in [0.5, 0.6) is 5.75 Å². The number of H-pyrrole nitrogens is 1. The summed E-state index contributed by atoms with van der Waals surface area (Å²) < 4.78 is 5.04. The number of aromatic carboxylic acids is 1. The van der Waals surface area contributed by atoms with Crippen LogP contribution in [-0.2, 0) is 11.2 Å². The summed E-state index contributed by atoms with van der Waals surface area (Å²) in [4.78, 5) is 25.7. The lowest BCUT2D eigenvalue weighted by atomic mass is 10.1. The van der Waals surface area contributed by atoms with Gasteiger partial charge in [-0.25, -0.2) is 4.79 Å². The highest BCUT2D eigenvalue weighted by atomic mass is 16.5. The number of aryl methyl sites for hydroxylation is 1. The largest absolute Gasteiger partial charge is 0.497 e. The number of aromatic nitrogens is 1. The first kappa shape index (κ1) is 14.6. The number of aromatic amines is 1. The number of carboxylic acid groups (broad SMARTS) is 1. The maximum Gasteiger partial charge on any atom is 0.354 e. The molecule has 0 fully saturated rings. The van der Waals surface area contributed by atoms with E-state index in [-0.39, 0.29) is 23.7 Å². The molecule has 3 N–H and O–H groups in total. The number of hydrogen-bond donors (Lipinski definition) is 3. The Hall–Kier alpha value is -2.76. The molecular weight excluding hydrogens is 272 g/mol. The monoisotopic (exact) mass is 288 g/mol. The second kappa shape index (κ2) is 6.13. The topological polar surface area (TPSA) is 91.4 Å². The fourth-order valence-corrected chi connectivity index (χ4v) is 1.98. The number of benzene rings is 1. The highest BCUT2D eigenvalue weighted by Gasteiger charge is 2.15. The van der Waals surface area contributed by atoms with Gasteiger partial charge in [-0.15, -0.1) is 0 Å². The van der Waals surface area contributed by atoms with E-state index in [1.807, 2.05) is 0 Å².